The summed E-state index contributed by atoms with van der Waals surface area (Å²) in [5, 5.41) is 6.87. The second-order valence-corrected chi connectivity index (χ2v) is 7.62. The Balaban J connectivity index is 1.31. The summed E-state index contributed by atoms with van der Waals surface area (Å²) >= 11 is 0. The first kappa shape index (κ1) is 19.0. The van der Waals surface area contributed by atoms with Crippen LogP contribution in [0.4, 0.5) is 0 Å². The summed E-state index contributed by atoms with van der Waals surface area (Å²) in [5.41, 5.74) is 2.70. The quantitative estimate of drug-likeness (QED) is 0.447. The largest absolute Gasteiger partial charge is 0.493 e. The first-order valence-corrected chi connectivity index (χ1v) is 10.2. The number of nitrogens with zero attached hydrogens (tertiary/aromatic N) is 2. The molecule has 144 valence electrons. The van der Waals surface area contributed by atoms with Crippen molar-refractivity contribution >= 4 is 5.96 Å². The highest BCUT2D eigenvalue weighted by Crippen LogP contribution is 2.25. The zero-order chi connectivity index (χ0) is 18.2. The minimum absolute atomic E-state index is 0.823. The number of benzene rings is 1. The predicted octanol–water partition coefficient (Wildman–Crippen LogP) is 2.45. The maximum Gasteiger partial charge on any atom is 0.190 e. The molecule has 0 spiro atoms. The number of guanidine groups is 1. The lowest BCUT2D eigenvalue weighted by Crippen LogP contribution is -2.40. The summed E-state index contributed by atoms with van der Waals surface area (Å²) in [7, 11) is 1.84. The van der Waals surface area contributed by atoms with Crippen LogP contribution in [0.3, 0.4) is 0 Å². The average molecular weight is 359 g/mol. The van der Waals surface area contributed by atoms with Crippen LogP contribution in [-0.2, 0) is 12.8 Å². The van der Waals surface area contributed by atoms with E-state index in [2.05, 4.69) is 45.6 Å². The summed E-state index contributed by atoms with van der Waals surface area (Å²) in [5.74, 6) is 2.82. The number of piperidine rings is 1. The molecule has 1 aromatic carbocycles. The van der Waals surface area contributed by atoms with Gasteiger partial charge in [-0.25, -0.2) is 0 Å². The first-order chi connectivity index (χ1) is 12.7. The van der Waals surface area contributed by atoms with E-state index in [0.29, 0.717) is 0 Å². The highest BCUT2D eigenvalue weighted by Gasteiger charge is 2.15. The van der Waals surface area contributed by atoms with Crippen molar-refractivity contribution in [1.29, 1.82) is 0 Å². The topological polar surface area (TPSA) is 48.9 Å². The van der Waals surface area contributed by atoms with Gasteiger partial charge in [-0.15, -0.1) is 0 Å². The fourth-order valence-electron chi connectivity index (χ4n) is 3.94. The maximum atomic E-state index is 5.57. The molecule has 5 heteroatoms. The number of aliphatic imine (C=N–C) groups is 1. The molecular formula is C21H34N4O. The summed E-state index contributed by atoms with van der Waals surface area (Å²) in [6.45, 7) is 8.77. The van der Waals surface area contributed by atoms with Gasteiger partial charge in [-0.05, 0) is 61.9 Å². The Bertz CT molecular complexity index is 602. The Morgan fingerprint density at radius 2 is 2.19 bits per heavy atom. The molecule has 1 saturated heterocycles. The predicted molar refractivity (Wildman–Crippen MR) is 108 cm³/mol. The zero-order valence-electron chi connectivity index (χ0n) is 16.4. The van der Waals surface area contributed by atoms with Crippen molar-refractivity contribution in [3.8, 4) is 5.75 Å². The van der Waals surface area contributed by atoms with Crippen LogP contribution in [0.2, 0.25) is 0 Å². The van der Waals surface area contributed by atoms with Gasteiger partial charge in [-0.2, -0.15) is 0 Å². The molecule has 5 nitrogen and oxygen atoms in total. The zero-order valence-corrected chi connectivity index (χ0v) is 16.4. The molecule has 3 rings (SSSR count). The van der Waals surface area contributed by atoms with Crippen LogP contribution < -0.4 is 15.4 Å². The third-order valence-electron chi connectivity index (χ3n) is 5.37. The minimum atomic E-state index is 0.823. The minimum Gasteiger partial charge on any atom is -0.493 e. The third-order valence-corrected chi connectivity index (χ3v) is 5.37. The fourth-order valence-corrected chi connectivity index (χ4v) is 3.94. The van der Waals surface area contributed by atoms with Crippen LogP contribution >= 0.6 is 0 Å². The second-order valence-electron chi connectivity index (χ2n) is 7.62. The van der Waals surface area contributed by atoms with E-state index in [1.807, 2.05) is 7.05 Å². The van der Waals surface area contributed by atoms with Crippen molar-refractivity contribution < 1.29 is 4.74 Å². The molecule has 2 heterocycles. The maximum absolute atomic E-state index is 5.57. The molecule has 2 aliphatic heterocycles. The molecule has 0 amide bonds. The summed E-state index contributed by atoms with van der Waals surface area (Å²) in [6.07, 6.45) is 5.95. The van der Waals surface area contributed by atoms with Crippen molar-refractivity contribution in [2.24, 2.45) is 10.9 Å². The average Bonchev–Trinajstić information content (AvgIpc) is 3.11. The van der Waals surface area contributed by atoms with E-state index in [0.717, 1.165) is 56.6 Å². The van der Waals surface area contributed by atoms with Crippen LogP contribution in [0.1, 0.15) is 37.3 Å². The molecule has 0 radical (unpaired) electrons. The number of hydrogen-bond donors (Lipinski definition) is 2. The molecule has 26 heavy (non-hydrogen) atoms. The van der Waals surface area contributed by atoms with E-state index >= 15 is 0 Å². The second kappa shape index (κ2) is 9.81. The van der Waals surface area contributed by atoms with Gasteiger partial charge in [-0.1, -0.05) is 19.1 Å². The molecule has 1 fully saturated rings. The molecular weight excluding hydrogens is 324 g/mol. The molecule has 0 aliphatic carbocycles. The van der Waals surface area contributed by atoms with Crippen molar-refractivity contribution in [3.63, 3.8) is 0 Å². The lowest BCUT2D eigenvalue weighted by atomic mass is 10.0. The molecule has 0 bridgehead atoms. The monoisotopic (exact) mass is 358 g/mol. The van der Waals surface area contributed by atoms with E-state index in [9.17, 15) is 0 Å². The molecule has 1 atom stereocenters. The van der Waals surface area contributed by atoms with E-state index in [1.54, 1.807) is 0 Å². The van der Waals surface area contributed by atoms with Gasteiger partial charge >= 0.3 is 0 Å². The standard InChI is InChI=1S/C21H34N4O/c1-17-5-3-12-25(16-17)13-4-10-23-21(22-2)24-11-8-18-6-7-20-19(15-18)9-14-26-20/h6-7,15,17H,3-5,8-14,16H2,1-2H3,(H2,22,23,24). The number of hydrogen-bond acceptors (Lipinski definition) is 3. The van der Waals surface area contributed by atoms with Crippen molar-refractivity contribution in [2.75, 3.05) is 46.4 Å². The Labute approximate surface area is 158 Å². The summed E-state index contributed by atoms with van der Waals surface area (Å²) in [4.78, 5) is 6.94. The van der Waals surface area contributed by atoms with Gasteiger partial charge in [-0.3, -0.25) is 4.99 Å². The molecule has 0 aromatic heterocycles. The molecule has 2 N–H and O–H groups in total. The Morgan fingerprint density at radius 3 is 3.04 bits per heavy atom. The Kier molecular flexibility index (Phi) is 7.18. The summed E-state index contributed by atoms with van der Waals surface area (Å²) in [6, 6.07) is 6.55. The number of rotatable bonds is 7. The Hall–Kier alpha value is -1.75. The van der Waals surface area contributed by atoms with Crippen molar-refractivity contribution in [2.45, 2.75) is 39.0 Å². The van der Waals surface area contributed by atoms with Gasteiger partial charge in [0.25, 0.3) is 0 Å². The third kappa shape index (κ3) is 5.63. The van der Waals surface area contributed by atoms with Crippen LogP contribution in [0, 0.1) is 5.92 Å². The van der Waals surface area contributed by atoms with Gasteiger partial charge in [0.05, 0.1) is 6.61 Å². The van der Waals surface area contributed by atoms with E-state index < -0.39 is 0 Å². The lowest BCUT2D eigenvalue weighted by Gasteiger charge is -2.30. The highest BCUT2D eigenvalue weighted by atomic mass is 16.5. The van der Waals surface area contributed by atoms with Crippen LogP contribution in [0.15, 0.2) is 23.2 Å². The molecule has 0 saturated carbocycles. The number of likely N-dealkylation sites (tertiary alicyclic amines) is 1. The van der Waals surface area contributed by atoms with E-state index in [4.69, 9.17) is 4.74 Å². The molecule has 1 unspecified atom stereocenters. The smallest absolute Gasteiger partial charge is 0.190 e. The van der Waals surface area contributed by atoms with E-state index in [1.165, 1.54) is 43.6 Å². The van der Waals surface area contributed by atoms with Gasteiger partial charge in [0, 0.05) is 33.1 Å². The van der Waals surface area contributed by atoms with Crippen LogP contribution in [0.25, 0.3) is 0 Å². The molecule has 2 aliphatic rings. The fraction of sp³-hybridized carbons (Fsp3) is 0.667. The highest BCUT2D eigenvalue weighted by molar-refractivity contribution is 5.79. The summed E-state index contributed by atoms with van der Waals surface area (Å²) < 4.78 is 5.57. The first-order valence-electron chi connectivity index (χ1n) is 10.2. The Morgan fingerprint density at radius 1 is 1.31 bits per heavy atom. The van der Waals surface area contributed by atoms with Gasteiger partial charge in [0.1, 0.15) is 5.75 Å². The SMILES string of the molecule is CN=C(NCCCN1CCCC(C)C1)NCCc1ccc2c(c1)CCO2. The number of nitrogens with one attached hydrogen (secondary N) is 2. The van der Waals surface area contributed by atoms with Crippen LogP contribution in [0.5, 0.6) is 5.75 Å². The normalized spacial score (nSPS) is 20.5. The van der Waals surface area contributed by atoms with Crippen molar-refractivity contribution in [1.82, 2.24) is 15.5 Å². The van der Waals surface area contributed by atoms with Crippen LogP contribution in [-0.4, -0.2) is 57.2 Å². The van der Waals surface area contributed by atoms with Gasteiger partial charge < -0.3 is 20.3 Å². The number of fused-ring (bicyclic) bond motifs is 1. The van der Waals surface area contributed by atoms with E-state index in [-0.39, 0.29) is 0 Å². The number of ether oxygens (including phenoxy) is 1. The van der Waals surface area contributed by atoms with Gasteiger partial charge in [0.2, 0.25) is 0 Å². The van der Waals surface area contributed by atoms with Gasteiger partial charge in [0.15, 0.2) is 5.96 Å². The molecule has 1 aromatic rings. The lowest BCUT2D eigenvalue weighted by molar-refractivity contribution is 0.182. The van der Waals surface area contributed by atoms with Crippen molar-refractivity contribution in [3.05, 3.63) is 29.3 Å².